The summed E-state index contributed by atoms with van der Waals surface area (Å²) in [7, 11) is 0. The van der Waals surface area contributed by atoms with Crippen LogP contribution in [0.4, 0.5) is 0 Å². The average molecular weight is 225 g/mol. The summed E-state index contributed by atoms with van der Waals surface area (Å²) < 4.78 is 0. The molecule has 0 aliphatic rings. The quantitative estimate of drug-likeness (QED) is 0.828. The van der Waals surface area contributed by atoms with Crippen molar-refractivity contribution in [1.29, 1.82) is 0 Å². The molecule has 72 valence electrons. The monoisotopic (exact) mass is 224 g/mol. The fraction of sp³-hybridized carbons (Fsp3) is 0.0909. The van der Waals surface area contributed by atoms with Crippen molar-refractivity contribution in [3.05, 3.63) is 57.2 Å². The van der Waals surface area contributed by atoms with E-state index < -0.39 is 6.10 Å². The van der Waals surface area contributed by atoms with Crippen LogP contribution < -0.4 is 0 Å². The molecule has 2 aromatic rings. The third-order valence-electron chi connectivity index (χ3n) is 2.01. The summed E-state index contributed by atoms with van der Waals surface area (Å²) in [5.74, 6) is 0. The first kappa shape index (κ1) is 9.71. The molecule has 0 amide bonds. The highest BCUT2D eigenvalue weighted by Crippen LogP contribution is 2.30. The van der Waals surface area contributed by atoms with Gasteiger partial charge in [-0.15, -0.1) is 11.3 Å². The van der Waals surface area contributed by atoms with E-state index in [1.807, 2.05) is 35.7 Å². The van der Waals surface area contributed by atoms with E-state index in [1.165, 1.54) is 11.3 Å². The van der Waals surface area contributed by atoms with E-state index in [-0.39, 0.29) is 0 Å². The van der Waals surface area contributed by atoms with Crippen LogP contribution in [0.15, 0.2) is 41.8 Å². The molecule has 0 saturated heterocycles. The van der Waals surface area contributed by atoms with Gasteiger partial charge in [0.2, 0.25) is 0 Å². The molecule has 1 nitrogen and oxygen atoms in total. The van der Waals surface area contributed by atoms with Crippen molar-refractivity contribution < 1.29 is 5.11 Å². The predicted octanol–water partition coefficient (Wildman–Crippen LogP) is 3.48. The molecule has 1 aromatic carbocycles. The molecular formula is C11H9ClOS. The average Bonchev–Trinajstić information content (AvgIpc) is 2.70. The number of aliphatic hydroxyl groups is 1. The summed E-state index contributed by atoms with van der Waals surface area (Å²) in [6.45, 7) is 0. The van der Waals surface area contributed by atoms with Gasteiger partial charge in [-0.25, -0.2) is 0 Å². The number of aliphatic hydroxyl groups excluding tert-OH is 1. The third kappa shape index (κ3) is 1.82. The zero-order chi connectivity index (χ0) is 9.97. The van der Waals surface area contributed by atoms with Gasteiger partial charge in [-0.1, -0.05) is 35.9 Å². The van der Waals surface area contributed by atoms with Crippen LogP contribution in [0.3, 0.4) is 0 Å². The van der Waals surface area contributed by atoms with Crippen molar-refractivity contribution in [2.75, 3.05) is 0 Å². The molecule has 3 heteroatoms. The smallest absolute Gasteiger partial charge is 0.115 e. The second kappa shape index (κ2) is 4.13. The molecule has 1 aromatic heterocycles. The zero-order valence-corrected chi connectivity index (χ0v) is 8.92. The van der Waals surface area contributed by atoms with Crippen molar-refractivity contribution in [2.45, 2.75) is 6.10 Å². The Balaban J connectivity index is 2.37. The van der Waals surface area contributed by atoms with Gasteiger partial charge in [-0.2, -0.15) is 0 Å². The van der Waals surface area contributed by atoms with E-state index in [2.05, 4.69) is 0 Å². The molecule has 0 bridgehead atoms. The van der Waals surface area contributed by atoms with E-state index in [4.69, 9.17) is 11.6 Å². The second-order valence-corrected chi connectivity index (χ2v) is 4.33. The molecule has 0 aliphatic heterocycles. The van der Waals surface area contributed by atoms with Crippen molar-refractivity contribution in [1.82, 2.24) is 0 Å². The lowest BCUT2D eigenvalue weighted by Crippen LogP contribution is -1.97. The van der Waals surface area contributed by atoms with E-state index >= 15 is 0 Å². The summed E-state index contributed by atoms with van der Waals surface area (Å²) in [6.07, 6.45) is -0.608. The van der Waals surface area contributed by atoms with Crippen LogP contribution in [-0.4, -0.2) is 5.11 Å². The second-order valence-electron chi connectivity index (χ2n) is 2.94. The molecule has 0 spiro atoms. The minimum Gasteiger partial charge on any atom is -0.383 e. The number of hydrogen-bond donors (Lipinski definition) is 1. The van der Waals surface area contributed by atoms with E-state index in [1.54, 1.807) is 6.07 Å². The maximum absolute atomic E-state index is 9.99. The van der Waals surface area contributed by atoms with Gasteiger partial charge in [0.1, 0.15) is 6.10 Å². The molecule has 1 atom stereocenters. The lowest BCUT2D eigenvalue weighted by atomic mass is 10.1. The Bertz CT molecular complexity index is 411. The summed E-state index contributed by atoms with van der Waals surface area (Å²) >= 11 is 7.51. The third-order valence-corrected chi connectivity index (χ3v) is 3.28. The van der Waals surface area contributed by atoms with Gasteiger partial charge in [0, 0.05) is 15.5 Å². The van der Waals surface area contributed by atoms with Gasteiger partial charge in [0.25, 0.3) is 0 Å². The lowest BCUT2D eigenvalue weighted by molar-refractivity contribution is 0.224. The van der Waals surface area contributed by atoms with Crippen LogP contribution in [0.2, 0.25) is 5.02 Å². The van der Waals surface area contributed by atoms with E-state index in [0.717, 1.165) is 10.4 Å². The fourth-order valence-corrected chi connectivity index (χ4v) is 2.26. The number of thiophene rings is 1. The minimum atomic E-state index is -0.608. The van der Waals surface area contributed by atoms with Crippen LogP contribution in [0.1, 0.15) is 16.5 Å². The molecular weight excluding hydrogens is 216 g/mol. The van der Waals surface area contributed by atoms with Crippen molar-refractivity contribution in [2.24, 2.45) is 0 Å². The van der Waals surface area contributed by atoms with E-state index in [0.29, 0.717) is 5.02 Å². The number of benzene rings is 1. The summed E-state index contributed by atoms with van der Waals surface area (Å²) in [4.78, 5) is 0.915. The maximum Gasteiger partial charge on any atom is 0.115 e. The first-order valence-corrected chi connectivity index (χ1v) is 5.50. The highest BCUT2D eigenvalue weighted by molar-refractivity contribution is 7.10. The first-order valence-electron chi connectivity index (χ1n) is 4.25. The molecule has 14 heavy (non-hydrogen) atoms. The van der Waals surface area contributed by atoms with E-state index in [9.17, 15) is 5.11 Å². The van der Waals surface area contributed by atoms with Gasteiger partial charge < -0.3 is 5.11 Å². The molecule has 1 heterocycles. The molecule has 2 rings (SSSR count). The topological polar surface area (TPSA) is 20.2 Å². The van der Waals surface area contributed by atoms with Gasteiger partial charge in [-0.05, 0) is 17.5 Å². The Morgan fingerprint density at radius 2 is 1.93 bits per heavy atom. The number of halogens is 1. The standard InChI is InChI=1S/C11H9ClOS/c12-9-5-2-1-4-8(9)11(13)10-6-3-7-14-10/h1-7,11,13H/t11-/m1/s1. The van der Waals surface area contributed by atoms with Crippen LogP contribution >= 0.6 is 22.9 Å². The van der Waals surface area contributed by atoms with Crippen LogP contribution in [0.25, 0.3) is 0 Å². The molecule has 0 radical (unpaired) electrons. The summed E-state index contributed by atoms with van der Waals surface area (Å²) in [5, 5.41) is 12.5. The largest absolute Gasteiger partial charge is 0.383 e. The highest BCUT2D eigenvalue weighted by atomic mass is 35.5. The zero-order valence-electron chi connectivity index (χ0n) is 7.35. The van der Waals surface area contributed by atoms with Gasteiger partial charge >= 0.3 is 0 Å². The highest BCUT2D eigenvalue weighted by Gasteiger charge is 2.13. The van der Waals surface area contributed by atoms with Crippen molar-refractivity contribution in [3.8, 4) is 0 Å². The number of rotatable bonds is 2. The lowest BCUT2D eigenvalue weighted by Gasteiger charge is -2.10. The Morgan fingerprint density at radius 3 is 2.57 bits per heavy atom. The van der Waals surface area contributed by atoms with Crippen LogP contribution in [0.5, 0.6) is 0 Å². The Labute approximate surface area is 91.6 Å². The fourth-order valence-electron chi connectivity index (χ4n) is 1.30. The molecule has 0 fully saturated rings. The number of hydrogen-bond acceptors (Lipinski definition) is 2. The molecule has 0 unspecified atom stereocenters. The molecule has 0 aliphatic carbocycles. The van der Waals surface area contributed by atoms with Crippen molar-refractivity contribution >= 4 is 22.9 Å². The molecule has 0 saturated carbocycles. The Hall–Kier alpha value is -0.830. The SMILES string of the molecule is O[C@@H](c1cccs1)c1ccccc1Cl. The normalized spacial score (nSPS) is 12.7. The molecule has 1 N–H and O–H groups in total. The first-order chi connectivity index (χ1) is 6.79. The van der Waals surface area contributed by atoms with Crippen LogP contribution in [0, 0.1) is 0 Å². The summed E-state index contributed by atoms with van der Waals surface area (Å²) in [6, 6.07) is 11.2. The van der Waals surface area contributed by atoms with Gasteiger partial charge in [0.15, 0.2) is 0 Å². The Morgan fingerprint density at radius 1 is 1.14 bits per heavy atom. The van der Waals surface area contributed by atoms with Crippen molar-refractivity contribution in [3.63, 3.8) is 0 Å². The van der Waals surface area contributed by atoms with Crippen LogP contribution in [-0.2, 0) is 0 Å². The summed E-state index contributed by atoms with van der Waals surface area (Å²) in [5.41, 5.74) is 0.761. The minimum absolute atomic E-state index is 0.605. The van der Waals surface area contributed by atoms with Gasteiger partial charge in [-0.3, -0.25) is 0 Å². The maximum atomic E-state index is 9.99. The Kier molecular flexibility index (Phi) is 2.87. The predicted molar refractivity (Wildman–Crippen MR) is 59.8 cm³/mol. The van der Waals surface area contributed by atoms with Gasteiger partial charge in [0.05, 0.1) is 0 Å².